The number of amides is 2. The normalized spacial score (nSPS) is 16.8. The van der Waals surface area contributed by atoms with Gasteiger partial charge in [-0.05, 0) is 41.5 Å². The molecule has 1 aliphatic heterocycles. The highest BCUT2D eigenvalue weighted by molar-refractivity contribution is 6.31. The van der Waals surface area contributed by atoms with Crippen LogP contribution in [0.15, 0.2) is 72.8 Å². The molecule has 0 fully saturated rings. The molecule has 1 heterocycles. The second kappa shape index (κ2) is 8.41. The molecule has 0 radical (unpaired) electrons. The van der Waals surface area contributed by atoms with Crippen molar-refractivity contribution < 1.29 is 19.5 Å². The van der Waals surface area contributed by atoms with Crippen LogP contribution in [0.1, 0.15) is 33.6 Å². The van der Waals surface area contributed by atoms with Gasteiger partial charge in [0.2, 0.25) is 0 Å². The number of aliphatic carboxylic acids is 1. The second-order valence-electron chi connectivity index (χ2n) is 7.00. The molecule has 0 aromatic heterocycles. The topological polar surface area (TPSA) is 86.7 Å². The minimum atomic E-state index is -1.40. The third kappa shape index (κ3) is 4.00. The van der Waals surface area contributed by atoms with Crippen molar-refractivity contribution in [3.63, 3.8) is 0 Å². The van der Waals surface area contributed by atoms with Gasteiger partial charge in [0.05, 0.1) is 11.3 Å². The van der Waals surface area contributed by atoms with Gasteiger partial charge in [0.25, 0.3) is 11.8 Å². The molecule has 31 heavy (non-hydrogen) atoms. The maximum absolute atomic E-state index is 13.7. The van der Waals surface area contributed by atoms with Gasteiger partial charge in [0, 0.05) is 10.0 Å². The molecule has 0 aliphatic carbocycles. The largest absolute Gasteiger partial charge is 0.479 e. The summed E-state index contributed by atoms with van der Waals surface area (Å²) in [7, 11) is 0. The maximum Gasteiger partial charge on any atom is 0.331 e. The first-order valence-electron chi connectivity index (χ1n) is 9.33. The fraction of sp³-hybridized carbons (Fsp3) is 0.0870. The smallest absolute Gasteiger partial charge is 0.331 e. The van der Waals surface area contributed by atoms with Crippen LogP contribution in [0.5, 0.6) is 0 Å². The van der Waals surface area contributed by atoms with Crippen molar-refractivity contribution in [3.05, 3.63) is 99.5 Å². The Morgan fingerprint density at radius 3 is 2.23 bits per heavy atom. The Balaban J connectivity index is 1.95. The van der Waals surface area contributed by atoms with Crippen molar-refractivity contribution in [3.8, 4) is 0 Å². The molecule has 3 aromatic rings. The number of carboxylic acids is 1. The number of carbonyl (C=O) groups excluding carboxylic acids is 2. The van der Waals surface area contributed by atoms with Gasteiger partial charge >= 0.3 is 5.97 Å². The minimum Gasteiger partial charge on any atom is -0.479 e. The van der Waals surface area contributed by atoms with Gasteiger partial charge in [-0.3, -0.25) is 9.59 Å². The molecule has 2 unspecified atom stereocenters. The van der Waals surface area contributed by atoms with E-state index in [1.807, 2.05) is 0 Å². The number of carboxylic acid groups (broad SMARTS) is 1. The Morgan fingerprint density at radius 2 is 1.58 bits per heavy atom. The highest BCUT2D eigenvalue weighted by Crippen LogP contribution is 2.38. The molecule has 0 bridgehead atoms. The fourth-order valence-electron chi connectivity index (χ4n) is 3.67. The highest BCUT2D eigenvalue weighted by Gasteiger charge is 2.43. The second-order valence-corrected chi connectivity index (χ2v) is 7.87. The van der Waals surface area contributed by atoms with Crippen LogP contribution in [-0.4, -0.2) is 27.8 Å². The van der Waals surface area contributed by atoms with Crippen LogP contribution in [0.25, 0.3) is 0 Å². The zero-order chi connectivity index (χ0) is 22.1. The average molecular weight is 455 g/mol. The summed E-state index contributed by atoms with van der Waals surface area (Å²) in [6.45, 7) is 0. The quantitative estimate of drug-likeness (QED) is 0.583. The van der Waals surface area contributed by atoms with Crippen LogP contribution < -0.4 is 5.32 Å². The van der Waals surface area contributed by atoms with Gasteiger partial charge in [-0.2, -0.15) is 0 Å². The van der Waals surface area contributed by atoms with Gasteiger partial charge < -0.3 is 15.3 Å². The van der Waals surface area contributed by atoms with E-state index in [-0.39, 0.29) is 11.3 Å². The molecule has 2 amide bonds. The maximum atomic E-state index is 13.7. The van der Waals surface area contributed by atoms with Crippen molar-refractivity contribution in [2.75, 3.05) is 5.32 Å². The summed E-state index contributed by atoms with van der Waals surface area (Å²) < 4.78 is 0. The predicted molar refractivity (Wildman–Crippen MR) is 117 cm³/mol. The Hall–Kier alpha value is -3.35. The van der Waals surface area contributed by atoms with Gasteiger partial charge in [-0.25, -0.2) is 4.79 Å². The van der Waals surface area contributed by atoms with Gasteiger partial charge in [0.15, 0.2) is 6.04 Å². The summed E-state index contributed by atoms with van der Waals surface area (Å²) in [5.41, 5.74) is 1.17. The van der Waals surface area contributed by atoms with Crippen molar-refractivity contribution in [2.45, 2.75) is 12.1 Å². The third-order valence-corrected chi connectivity index (χ3v) is 5.53. The zero-order valence-corrected chi connectivity index (χ0v) is 17.5. The molecule has 156 valence electrons. The standard InChI is InChI=1S/C23H16Cl2N2O4/c24-15-8-6-14(7-9-15)19-21(28)26-18-12-16(25)10-11-17(18)22(29)27(19)20(23(30)31)13-4-2-1-3-5-13/h1-12,19-20H,(H,26,28)(H,30,31). The Kier molecular flexibility index (Phi) is 5.67. The molecule has 2 atom stereocenters. The van der Waals surface area contributed by atoms with E-state index in [0.717, 1.165) is 4.90 Å². The summed E-state index contributed by atoms with van der Waals surface area (Å²) >= 11 is 12.1. The number of anilines is 1. The van der Waals surface area contributed by atoms with Gasteiger partial charge in [-0.15, -0.1) is 0 Å². The lowest BCUT2D eigenvalue weighted by Gasteiger charge is -2.34. The number of rotatable bonds is 4. The summed E-state index contributed by atoms with van der Waals surface area (Å²) in [6, 6.07) is 16.5. The van der Waals surface area contributed by atoms with E-state index in [9.17, 15) is 19.5 Å². The summed E-state index contributed by atoms with van der Waals surface area (Å²) in [5.74, 6) is -2.43. The van der Waals surface area contributed by atoms with Crippen LogP contribution >= 0.6 is 23.2 Å². The Bertz CT molecular complexity index is 1170. The zero-order valence-electron chi connectivity index (χ0n) is 16.0. The van der Waals surface area contributed by atoms with Crippen LogP contribution in [-0.2, 0) is 9.59 Å². The summed E-state index contributed by atoms with van der Waals surface area (Å²) in [5, 5.41) is 13.6. The predicted octanol–water partition coefficient (Wildman–Crippen LogP) is 4.95. The number of hydrogen-bond acceptors (Lipinski definition) is 3. The number of benzene rings is 3. The molecular formula is C23H16Cl2N2O4. The van der Waals surface area contributed by atoms with Crippen molar-refractivity contribution in [1.29, 1.82) is 0 Å². The first-order chi connectivity index (χ1) is 14.9. The van der Waals surface area contributed by atoms with Crippen molar-refractivity contribution in [2.24, 2.45) is 0 Å². The Morgan fingerprint density at radius 1 is 0.935 bits per heavy atom. The van der Waals surface area contributed by atoms with E-state index in [2.05, 4.69) is 5.32 Å². The number of hydrogen-bond donors (Lipinski definition) is 2. The van der Waals surface area contributed by atoms with E-state index in [1.54, 1.807) is 54.6 Å². The van der Waals surface area contributed by atoms with Crippen molar-refractivity contribution in [1.82, 2.24) is 4.90 Å². The molecule has 0 spiro atoms. The molecule has 8 heteroatoms. The van der Waals surface area contributed by atoms with E-state index in [0.29, 0.717) is 21.2 Å². The van der Waals surface area contributed by atoms with Crippen LogP contribution in [0.2, 0.25) is 10.0 Å². The first-order valence-corrected chi connectivity index (χ1v) is 10.1. The van der Waals surface area contributed by atoms with E-state index in [1.165, 1.54) is 18.2 Å². The lowest BCUT2D eigenvalue weighted by atomic mass is 9.98. The molecule has 3 aromatic carbocycles. The lowest BCUT2D eigenvalue weighted by Crippen LogP contribution is -2.44. The molecule has 4 rings (SSSR count). The van der Waals surface area contributed by atoms with Gasteiger partial charge in [-0.1, -0.05) is 65.7 Å². The first kappa shape index (κ1) is 20.9. The monoisotopic (exact) mass is 454 g/mol. The molecular weight excluding hydrogens is 439 g/mol. The number of nitrogens with zero attached hydrogens (tertiary/aromatic N) is 1. The molecule has 0 saturated carbocycles. The van der Waals surface area contributed by atoms with Gasteiger partial charge in [0.1, 0.15) is 6.04 Å². The lowest BCUT2D eigenvalue weighted by molar-refractivity contribution is -0.144. The molecule has 6 nitrogen and oxygen atoms in total. The third-order valence-electron chi connectivity index (χ3n) is 5.04. The molecule has 1 aliphatic rings. The fourth-order valence-corrected chi connectivity index (χ4v) is 3.97. The van der Waals surface area contributed by atoms with E-state index >= 15 is 0 Å². The number of nitrogens with one attached hydrogen (secondary N) is 1. The van der Waals surface area contributed by atoms with Crippen LogP contribution in [0, 0.1) is 0 Å². The highest BCUT2D eigenvalue weighted by atomic mass is 35.5. The molecule has 2 N–H and O–H groups in total. The SMILES string of the molecule is O=C(O)C(c1ccccc1)N1C(=O)c2ccc(Cl)cc2NC(=O)C1c1ccc(Cl)cc1. The number of carbonyl (C=O) groups is 3. The number of fused-ring (bicyclic) bond motifs is 1. The summed E-state index contributed by atoms with van der Waals surface area (Å²) in [6.07, 6.45) is 0. The van der Waals surface area contributed by atoms with Crippen LogP contribution in [0.3, 0.4) is 0 Å². The van der Waals surface area contributed by atoms with E-state index < -0.39 is 29.9 Å². The van der Waals surface area contributed by atoms with Crippen LogP contribution in [0.4, 0.5) is 5.69 Å². The van der Waals surface area contributed by atoms with Crippen molar-refractivity contribution >= 4 is 46.7 Å². The number of halogens is 2. The average Bonchev–Trinajstić information content (AvgIpc) is 2.84. The minimum absolute atomic E-state index is 0.149. The summed E-state index contributed by atoms with van der Waals surface area (Å²) in [4.78, 5) is 40.5. The Labute approximate surface area is 188 Å². The van der Waals surface area contributed by atoms with E-state index in [4.69, 9.17) is 23.2 Å². The molecule has 0 saturated heterocycles.